The van der Waals surface area contributed by atoms with Crippen LogP contribution < -0.4 is 5.32 Å². The van der Waals surface area contributed by atoms with Gasteiger partial charge in [-0.2, -0.15) is 0 Å². The second kappa shape index (κ2) is 7.53. The molecule has 0 aliphatic heterocycles. The minimum absolute atomic E-state index is 0.204. The smallest absolute Gasteiger partial charge is 0.256 e. The Bertz CT molecular complexity index is 468. The van der Waals surface area contributed by atoms with Crippen LogP contribution in [0.2, 0.25) is 0 Å². The molecule has 2 aromatic rings. The zero-order valence-electron chi connectivity index (χ0n) is 11.1. The first-order chi connectivity index (χ1) is 9.33. The number of nitrogens with zero attached hydrogens (tertiary/aromatic N) is 1. The van der Waals surface area contributed by atoms with E-state index in [1.807, 2.05) is 24.3 Å². The van der Waals surface area contributed by atoms with Crippen molar-refractivity contribution in [1.29, 1.82) is 0 Å². The van der Waals surface area contributed by atoms with Gasteiger partial charge in [-0.25, -0.2) is 4.98 Å². The molecule has 5 heteroatoms. The fourth-order valence-corrected chi connectivity index (χ4v) is 2.77. The van der Waals surface area contributed by atoms with Gasteiger partial charge in [0, 0.05) is 18.4 Å². The largest absolute Gasteiger partial charge is 0.431 e. The molecule has 104 valence electrons. The minimum atomic E-state index is 0.204. The summed E-state index contributed by atoms with van der Waals surface area (Å²) in [7, 11) is 0. The zero-order chi connectivity index (χ0) is 13.5. The summed E-state index contributed by atoms with van der Waals surface area (Å²) in [5.41, 5.74) is 1.72. The fourth-order valence-electron chi connectivity index (χ4n) is 1.83. The van der Waals surface area contributed by atoms with E-state index in [1.165, 1.54) is 0 Å². The molecule has 4 nitrogen and oxygen atoms in total. The number of benzene rings is 1. The molecule has 0 spiro atoms. The molecule has 1 heterocycles. The molecule has 1 aromatic carbocycles. The van der Waals surface area contributed by atoms with Gasteiger partial charge in [0.2, 0.25) is 0 Å². The van der Waals surface area contributed by atoms with E-state index in [0.717, 1.165) is 36.2 Å². The zero-order valence-corrected chi connectivity index (χ0v) is 11.9. The van der Waals surface area contributed by atoms with E-state index in [0.29, 0.717) is 11.3 Å². The summed E-state index contributed by atoms with van der Waals surface area (Å²) >= 11 is 1.59. The van der Waals surface area contributed by atoms with Crippen molar-refractivity contribution in [2.24, 2.45) is 0 Å². The summed E-state index contributed by atoms with van der Waals surface area (Å²) in [5.74, 6) is 0.855. The van der Waals surface area contributed by atoms with Gasteiger partial charge < -0.3 is 14.8 Å². The van der Waals surface area contributed by atoms with Gasteiger partial charge in [-0.3, -0.25) is 0 Å². The van der Waals surface area contributed by atoms with Crippen LogP contribution in [0, 0.1) is 0 Å². The molecule has 0 saturated heterocycles. The van der Waals surface area contributed by atoms with Crippen molar-refractivity contribution in [3.05, 3.63) is 24.3 Å². The summed E-state index contributed by atoms with van der Waals surface area (Å²) in [6.45, 7) is 3.31. The van der Waals surface area contributed by atoms with Crippen molar-refractivity contribution < 1.29 is 9.52 Å². The van der Waals surface area contributed by atoms with E-state index in [2.05, 4.69) is 17.2 Å². The Hall–Kier alpha value is -1.04. The molecule has 0 saturated carbocycles. The summed E-state index contributed by atoms with van der Waals surface area (Å²) in [4.78, 5) is 4.43. The third-order valence-electron chi connectivity index (χ3n) is 2.84. The van der Waals surface area contributed by atoms with Crippen LogP contribution in [0.5, 0.6) is 0 Å². The van der Waals surface area contributed by atoms with Crippen molar-refractivity contribution >= 4 is 22.9 Å². The predicted octanol–water partition coefficient (Wildman–Crippen LogP) is 2.67. The first kappa shape index (κ1) is 14.4. The summed E-state index contributed by atoms with van der Waals surface area (Å²) in [6, 6.07) is 8.07. The number of fused-ring (bicyclic) bond motifs is 1. The standard InChI is InChI=1S/C14H20N2O2S/c1-2-8-15-11(7-9-17)10-19-14-16-12-5-3-4-6-13(12)18-14/h3-6,11,15,17H,2,7-10H2,1H3. The second-order valence-electron chi connectivity index (χ2n) is 4.42. The number of hydrogen-bond acceptors (Lipinski definition) is 5. The Kier molecular flexibility index (Phi) is 5.69. The van der Waals surface area contributed by atoms with E-state index in [1.54, 1.807) is 11.8 Å². The Morgan fingerprint density at radius 3 is 3.00 bits per heavy atom. The number of para-hydroxylation sites is 2. The molecule has 0 fully saturated rings. The highest BCUT2D eigenvalue weighted by atomic mass is 32.2. The molecule has 0 aliphatic rings. The Morgan fingerprint density at radius 1 is 1.42 bits per heavy atom. The van der Waals surface area contributed by atoms with Gasteiger partial charge in [-0.15, -0.1) is 0 Å². The van der Waals surface area contributed by atoms with Crippen molar-refractivity contribution in [2.75, 3.05) is 18.9 Å². The minimum Gasteiger partial charge on any atom is -0.431 e. The number of aliphatic hydroxyl groups excluding tert-OH is 1. The van der Waals surface area contributed by atoms with Gasteiger partial charge in [0.1, 0.15) is 5.52 Å². The lowest BCUT2D eigenvalue weighted by atomic mass is 10.2. The molecule has 0 bridgehead atoms. The molecule has 2 N–H and O–H groups in total. The Morgan fingerprint density at radius 2 is 2.26 bits per heavy atom. The maximum atomic E-state index is 9.06. The van der Waals surface area contributed by atoms with E-state index in [-0.39, 0.29) is 6.61 Å². The van der Waals surface area contributed by atoms with Crippen molar-refractivity contribution in [1.82, 2.24) is 10.3 Å². The van der Waals surface area contributed by atoms with Crippen LogP contribution in [-0.4, -0.2) is 35.0 Å². The quantitative estimate of drug-likeness (QED) is 0.728. The number of aromatic nitrogens is 1. The van der Waals surface area contributed by atoms with Crippen LogP contribution in [-0.2, 0) is 0 Å². The SMILES string of the molecule is CCCNC(CCO)CSc1nc2ccccc2o1. The normalized spacial score (nSPS) is 12.9. The van der Waals surface area contributed by atoms with Crippen LogP contribution in [0.4, 0.5) is 0 Å². The molecule has 1 aromatic heterocycles. The number of rotatable bonds is 8. The van der Waals surface area contributed by atoms with Gasteiger partial charge in [0.25, 0.3) is 5.22 Å². The molecule has 1 unspecified atom stereocenters. The van der Waals surface area contributed by atoms with Gasteiger partial charge in [0.15, 0.2) is 5.58 Å². The van der Waals surface area contributed by atoms with Crippen LogP contribution >= 0.6 is 11.8 Å². The van der Waals surface area contributed by atoms with Crippen molar-refractivity contribution in [2.45, 2.75) is 31.0 Å². The van der Waals surface area contributed by atoms with Crippen LogP contribution in [0.1, 0.15) is 19.8 Å². The van der Waals surface area contributed by atoms with E-state index >= 15 is 0 Å². The molecule has 0 radical (unpaired) electrons. The molecule has 19 heavy (non-hydrogen) atoms. The first-order valence-electron chi connectivity index (χ1n) is 6.66. The highest BCUT2D eigenvalue weighted by Gasteiger charge is 2.11. The predicted molar refractivity (Wildman–Crippen MR) is 78.5 cm³/mol. The van der Waals surface area contributed by atoms with Crippen molar-refractivity contribution in [3.8, 4) is 0 Å². The van der Waals surface area contributed by atoms with E-state index < -0.39 is 0 Å². The average Bonchev–Trinajstić information content (AvgIpc) is 2.84. The summed E-state index contributed by atoms with van der Waals surface area (Å²) < 4.78 is 5.66. The fraction of sp³-hybridized carbons (Fsp3) is 0.500. The lowest BCUT2D eigenvalue weighted by molar-refractivity contribution is 0.270. The van der Waals surface area contributed by atoms with Gasteiger partial charge >= 0.3 is 0 Å². The number of thioether (sulfide) groups is 1. The lowest BCUT2D eigenvalue weighted by Crippen LogP contribution is -2.32. The average molecular weight is 280 g/mol. The number of hydrogen-bond donors (Lipinski definition) is 2. The molecule has 1 atom stereocenters. The third-order valence-corrected chi connectivity index (χ3v) is 3.83. The van der Waals surface area contributed by atoms with Crippen LogP contribution in [0.15, 0.2) is 33.9 Å². The Balaban J connectivity index is 1.91. The topological polar surface area (TPSA) is 58.3 Å². The number of aliphatic hydroxyl groups is 1. The summed E-state index contributed by atoms with van der Waals surface area (Å²) in [5, 5.41) is 13.2. The summed E-state index contributed by atoms with van der Waals surface area (Å²) in [6.07, 6.45) is 1.85. The maximum Gasteiger partial charge on any atom is 0.256 e. The Labute approximate surface area is 117 Å². The van der Waals surface area contributed by atoms with Gasteiger partial charge in [-0.05, 0) is 31.5 Å². The highest BCUT2D eigenvalue weighted by molar-refractivity contribution is 7.99. The molecular weight excluding hydrogens is 260 g/mol. The molecule has 0 aliphatic carbocycles. The molecule has 2 rings (SSSR count). The first-order valence-corrected chi connectivity index (χ1v) is 7.64. The molecule has 0 amide bonds. The monoisotopic (exact) mass is 280 g/mol. The number of nitrogens with one attached hydrogen (secondary N) is 1. The maximum absolute atomic E-state index is 9.06. The molecular formula is C14H20N2O2S. The third kappa shape index (κ3) is 4.23. The van der Waals surface area contributed by atoms with Crippen molar-refractivity contribution in [3.63, 3.8) is 0 Å². The number of oxazole rings is 1. The van der Waals surface area contributed by atoms with E-state index in [4.69, 9.17) is 9.52 Å². The van der Waals surface area contributed by atoms with Crippen LogP contribution in [0.3, 0.4) is 0 Å². The van der Waals surface area contributed by atoms with Gasteiger partial charge in [-0.1, -0.05) is 30.8 Å². The second-order valence-corrected chi connectivity index (χ2v) is 5.39. The van der Waals surface area contributed by atoms with Crippen LogP contribution in [0.25, 0.3) is 11.1 Å². The van der Waals surface area contributed by atoms with Gasteiger partial charge in [0.05, 0.1) is 0 Å². The lowest BCUT2D eigenvalue weighted by Gasteiger charge is -2.15. The van der Waals surface area contributed by atoms with E-state index in [9.17, 15) is 0 Å². The highest BCUT2D eigenvalue weighted by Crippen LogP contribution is 2.23.